The molecule has 0 spiro atoms. The Hall–Kier alpha value is -2.84. The van der Waals surface area contributed by atoms with Gasteiger partial charge >= 0.3 is 0 Å². The van der Waals surface area contributed by atoms with E-state index in [0.717, 1.165) is 37.0 Å². The summed E-state index contributed by atoms with van der Waals surface area (Å²) in [5, 5.41) is 20.4. The van der Waals surface area contributed by atoms with Crippen LogP contribution in [0.2, 0.25) is 0 Å². The number of aliphatic hydroxyl groups is 1. The van der Waals surface area contributed by atoms with Gasteiger partial charge in [0.15, 0.2) is 0 Å². The molecular formula is C27H31N3O2. The van der Waals surface area contributed by atoms with Gasteiger partial charge in [0.2, 0.25) is 6.19 Å². The largest absolute Gasteiger partial charge is 0.493 e. The van der Waals surface area contributed by atoms with Gasteiger partial charge in [-0.25, -0.2) is 0 Å². The van der Waals surface area contributed by atoms with Crippen molar-refractivity contribution in [1.82, 2.24) is 4.90 Å². The first-order valence-corrected chi connectivity index (χ1v) is 11.7. The van der Waals surface area contributed by atoms with Gasteiger partial charge in [-0.2, -0.15) is 10.3 Å². The number of rotatable bonds is 6. The van der Waals surface area contributed by atoms with E-state index >= 15 is 0 Å². The molecule has 2 aromatic rings. The third kappa shape index (κ3) is 4.12. The highest BCUT2D eigenvalue weighted by Gasteiger charge is 2.56. The van der Waals surface area contributed by atoms with Crippen LogP contribution in [0.1, 0.15) is 43.2 Å². The van der Waals surface area contributed by atoms with E-state index in [4.69, 9.17) is 4.74 Å². The van der Waals surface area contributed by atoms with Crippen molar-refractivity contribution in [1.29, 1.82) is 5.26 Å². The number of hydrogen-bond donors (Lipinski definition) is 1. The summed E-state index contributed by atoms with van der Waals surface area (Å²) >= 11 is 0. The average Bonchev–Trinajstić information content (AvgIpc) is 2.77. The smallest absolute Gasteiger partial charge is 0.207 e. The van der Waals surface area contributed by atoms with Crippen LogP contribution in [0.3, 0.4) is 0 Å². The fourth-order valence-electron chi connectivity index (χ4n) is 6.78. The molecule has 0 amide bonds. The highest BCUT2D eigenvalue weighted by atomic mass is 16.5. The molecule has 0 aromatic heterocycles. The van der Waals surface area contributed by atoms with Crippen LogP contribution in [0.25, 0.3) is 0 Å². The zero-order valence-corrected chi connectivity index (χ0v) is 18.7. The van der Waals surface area contributed by atoms with Gasteiger partial charge in [-0.3, -0.25) is 0 Å². The van der Waals surface area contributed by atoms with Crippen molar-refractivity contribution in [2.45, 2.75) is 50.2 Å². The fraction of sp³-hybridized carbons (Fsp3) is 0.481. The molecule has 4 fully saturated rings. The number of amidine groups is 1. The molecule has 6 rings (SSSR count). The molecule has 2 atom stereocenters. The minimum atomic E-state index is -0.465. The number of benzene rings is 2. The molecule has 1 N–H and O–H groups in total. The van der Waals surface area contributed by atoms with Crippen LogP contribution >= 0.6 is 0 Å². The number of nitrogens with zero attached hydrogens (tertiary/aromatic N) is 3. The van der Waals surface area contributed by atoms with Crippen LogP contribution in [0.4, 0.5) is 0 Å². The van der Waals surface area contributed by atoms with E-state index in [1.807, 2.05) is 48.7 Å². The third-order valence-corrected chi connectivity index (χ3v) is 7.72. The van der Waals surface area contributed by atoms with Crippen LogP contribution < -0.4 is 4.74 Å². The third-order valence-electron chi connectivity index (χ3n) is 7.72. The first-order chi connectivity index (χ1) is 15.5. The lowest BCUT2D eigenvalue weighted by Crippen LogP contribution is -2.61. The van der Waals surface area contributed by atoms with E-state index < -0.39 is 5.60 Å². The lowest BCUT2D eigenvalue weighted by atomic mass is 9.52. The molecule has 0 aliphatic heterocycles. The fourth-order valence-corrected chi connectivity index (χ4v) is 6.78. The Balaban J connectivity index is 1.31. The highest BCUT2D eigenvalue weighted by Crippen LogP contribution is 2.56. The first kappa shape index (κ1) is 21.0. The summed E-state index contributed by atoms with van der Waals surface area (Å²) in [5.74, 6) is 3.07. The predicted octanol–water partition coefficient (Wildman–Crippen LogP) is 4.41. The number of ether oxygens (including phenoxy) is 1. The van der Waals surface area contributed by atoms with E-state index in [0.29, 0.717) is 36.2 Å². The lowest BCUT2D eigenvalue weighted by Gasteiger charge is -2.60. The maximum Gasteiger partial charge on any atom is 0.207 e. The summed E-state index contributed by atoms with van der Waals surface area (Å²) in [7, 11) is 2.07. The van der Waals surface area contributed by atoms with E-state index in [2.05, 4.69) is 29.1 Å². The Bertz CT molecular complexity index is 1010. The monoisotopic (exact) mass is 429 g/mol. The molecule has 2 aromatic carbocycles. The molecule has 4 aliphatic rings. The van der Waals surface area contributed by atoms with Crippen LogP contribution in [0, 0.1) is 29.2 Å². The summed E-state index contributed by atoms with van der Waals surface area (Å²) < 4.78 is 6.02. The van der Waals surface area contributed by atoms with Gasteiger partial charge in [0, 0.05) is 25.1 Å². The first-order valence-electron chi connectivity index (χ1n) is 11.7. The standard InChI is InChI=1S/C27H31N3O2/c1-30(25-22-12-20-13-23(25)17-27(31,15-20)16-22)26(29-18-28)21-8-5-9-24(14-21)32-11-10-19-6-3-2-4-7-19/h2-9,14,20,22-23,25,31H,10-13,15-17H2,1H3. The summed E-state index contributed by atoms with van der Waals surface area (Å²) in [6, 6.07) is 18.5. The molecular weight excluding hydrogens is 398 g/mol. The topological polar surface area (TPSA) is 68.9 Å². The van der Waals surface area contributed by atoms with Gasteiger partial charge in [-0.15, -0.1) is 0 Å². The quantitative estimate of drug-likeness (QED) is 0.420. The Kier molecular flexibility index (Phi) is 5.65. The van der Waals surface area contributed by atoms with E-state index in [-0.39, 0.29) is 0 Å². The Labute approximate surface area is 190 Å². The van der Waals surface area contributed by atoms with Crippen LogP contribution in [0.15, 0.2) is 59.6 Å². The number of nitriles is 1. The molecule has 32 heavy (non-hydrogen) atoms. The van der Waals surface area contributed by atoms with Crippen LogP contribution in [-0.2, 0) is 6.42 Å². The second-order valence-corrected chi connectivity index (χ2v) is 9.94. The zero-order valence-electron chi connectivity index (χ0n) is 18.7. The van der Waals surface area contributed by atoms with Crippen molar-refractivity contribution in [3.8, 4) is 11.9 Å². The predicted molar refractivity (Wildman–Crippen MR) is 124 cm³/mol. The van der Waals surface area contributed by atoms with Crippen molar-refractivity contribution < 1.29 is 9.84 Å². The highest BCUT2D eigenvalue weighted by molar-refractivity contribution is 5.99. The van der Waals surface area contributed by atoms with E-state index in [1.165, 1.54) is 18.4 Å². The van der Waals surface area contributed by atoms with Gasteiger partial charge in [0.25, 0.3) is 0 Å². The molecule has 5 heteroatoms. The summed E-state index contributed by atoms with van der Waals surface area (Å²) in [5.41, 5.74) is 1.69. The van der Waals surface area contributed by atoms with Gasteiger partial charge in [-0.1, -0.05) is 42.5 Å². The van der Waals surface area contributed by atoms with Crippen molar-refractivity contribution in [2.24, 2.45) is 22.7 Å². The Morgan fingerprint density at radius 2 is 1.88 bits per heavy atom. The van der Waals surface area contributed by atoms with E-state index in [9.17, 15) is 10.4 Å². The maximum absolute atomic E-state index is 10.9. The molecule has 4 bridgehead atoms. The SMILES string of the molecule is CN(C(=NC#N)c1cccc(OCCc2ccccc2)c1)C1C2CC3CC1CC(O)(C3)C2. The summed E-state index contributed by atoms with van der Waals surface area (Å²) in [4.78, 5) is 6.45. The van der Waals surface area contributed by atoms with Crippen LogP contribution in [0.5, 0.6) is 5.75 Å². The molecule has 0 radical (unpaired) electrons. The average molecular weight is 430 g/mol. The lowest BCUT2D eigenvalue weighted by molar-refractivity contribution is -0.149. The Morgan fingerprint density at radius 1 is 1.12 bits per heavy atom. The molecule has 166 valence electrons. The van der Waals surface area contributed by atoms with E-state index in [1.54, 1.807) is 0 Å². The normalized spacial score (nSPS) is 30.7. The minimum Gasteiger partial charge on any atom is -0.493 e. The molecule has 4 aliphatic carbocycles. The second kappa shape index (κ2) is 8.60. The zero-order chi connectivity index (χ0) is 22.1. The number of hydrogen-bond acceptors (Lipinski definition) is 4. The molecule has 5 nitrogen and oxygen atoms in total. The minimum absolute atomic E-state index is 0.321. The van der Waals surface area contributed by atoms with Gasteiger partial charge in [0.05, 0.1) is 12.2 Å². The molecule has 2 unspecified atom stereocenters. The molecule has 0 saturated heterocycles. The summed E-state index contributed by atoms with van der Waals surface area (Å²) in [6.45, 7) is 0.598. The van der Waals surface area contributed by atoms with Gasteiger partial charge in [0.1, 0.15) is 11.6 Å². The maximum atomic E-state index is 10.9. The van der Waals surface area contributed by atoms with Crippen molar-refractivity contribution in [3.05, 3.63) is 65.7 Å². The second-order valence-electron chi connectivity index (χ2n) is 9.94. The van der Waals surface area contributed by atoms with Crippen molar-refractivity contribution in [2.75, 3.05) is 13.7 Å². The van der Waals surface area contributed by atoms with Crippen molar-refractivity contribution >= 4 is 5.84 Å². The van der Waals surface area contributed by atoms with Gasteiger partial charge < -0.3 is 14.7 Å². The summed E-state index contributed by atoms with van der Waals surface area (Å²) in [6.07, 6.45) is 7.93. The van der Waals surface area contributed by atoms with Crippen molar-refractivity contribution in [3.63, 3.8) is 0 Å². The molecule has 0 heterocycles. The molecule has 4 saturated carbocycles. The van der Waals surface area contributed by atoms with Crippen LogP contribution in [-0.4, -0.2) is 41.1 Å². The Morgan fingerprint density at radius 3 is 2.56 bits per heavy atom. The number of aliphatic imine (C=N–C) groups is 1. The van der Waals surface area contributed by atoms with Gasteiger partial charge in [-0.05, 0) is 67.6 Å².